The Balaban J connectivity index is 2.06. The van der Waals surface area contributed by atoms with E-state index in [1.54, 1.807) is 16.8 Å². The minimum atomic E-state index is -0.114. The average Bonchev–Trinajstić information content (AvgIpc) is 2.83. The second-order valence-electron chi connectivity index (χ2n) is 4.88. The topological polar surface area (TPSA) is 42.0 Å². The molecule has 4 heteroatoms. The lowest BCUT2D eigenvalue weighted by atomic mass is 9.72. The van der Waals surface area contributed by atoms with Crippen LogP contribution in [0.4, 0.5) is 0 Å². The summed E-state index contributed by atoms with van der Waals surface area (Å²) in [4.78, 5) is 17.6. The lowest BCUT2D eigenvalue weighted by molar-refractivity contribution is -0.129. The number of nitrogens with one attached hydrogen (secondary N) is 1. The number of carbonyl (C=O) groups is 1. The predicted octanol–water partition coefficient (Wildman–Crippen LogP) is 2.42. The van der Waals surface area contributed by atoms with E-state index in [2.05, 4.69) is 17.2 Å². The van der Waals surface area contributed by atoms with Crippen LogP contribution in [-0.2, 0) is 11.2 Å². The summed E-state index contributed by atoms with van der Waals surface area (Å²) >= 11 is 1.58. The quantitative estimate of drug-likeness (QED) is 0.875. The largest absolute Gasteiger partial charge is 0.316 e. The molecule has 1 fully saturated rings. The van der Waals surface area contributed by atoms with Gasteiger partial charge in [-0.05, 0) is 25.8 Å². The molecular weight excluding hydrogens is 232 g/mol. The van der Waals surface area contributed by atoms with Gasteiger partial charge in [0.2, 0.25) is 0 Å². The summed E-state index contributed by atoms with van der Waals surface area (Å²) in [7, 11) is 0. The molecule has 2 rings (SSSR count). The van der Waals surface area contributed by atoms with Crippen LogP contribution in [0.1, 0.15) is 37.5 Å². The van der Waals surface area contributed by atoms with Crippen molar-refractivity contribution in [2.45, 2.75) is 39.0 Å². The first-order valence-corrected chi connectivity index (χ1v) is 7.26. The van der Waals surface area contributed by atoms with Crippen molar-refractivity contribution in [2.24, 2.45) is 5.41 Å². The van der Waals surface area contributed by atoms with Crippen molar-refractivity contribution in [3.8, 4) is 0 Å². The molecule has 1 aliphatic heterocycles. The van der Waals surface area contributed by atoms with E-state index in [-0.39, 0.29) is 5.41 Å². The molecule has 0 aromatic carbocycles. The Labute approximate surface area is 107 Å². The first kappa shape index (κ1) is 12.7. The van der Waals surface area contributed by atoms with Gasteiger partial charge in [0.15, 0.2) is 0 Å². The van der Waals surface area contributed by atoms with E-state index in [1.807, 2.05) is 6.20 Å². The van der Waals surface area contributed by atoms with Gasteiger partial charge in [-0.3, -0.25) is 9.78 Å². The molecular formula is C13H20N2OS. The maximum Gasteiger partial charge on any atom is 0.145 e. The van der Waals surface area contributed by atoms with Gasteiger partial charge in [0.25, 0.3) is 0 Å². The number of carbonyl (C=O) groups excluding carboxylic acids is 1. The molecule has 1 unspecified atom stereocenters. The molecule has 0 saturated carbocycles. The summed E-state index contributed by atoms with van der Waals surface area (Å²) in [6, 6.07) is 0. The molecule has 17 heavy (non-hydrogen) atoms. The maximum absolute atomic E-state index is 12.5. The molecule has 2 heterocycles. The first-order valence-electron chi connectivity index (χ1n) is 6.38. The van der Waals surface area contributed by atoms with Crippen LogP contribution in [0, 0.1) is 5.41 Å². The van der Waals surface area contributed by atoms with E-state index >= 15 is 0 Å². The molecule has 1 N–H and O–H groups in total. The van der Waals surface area contributed by atoms with Crippen molar-refractivity contribution >= 4 is 17.1 Å². The van der Waals surface area contributed by atoms with Crippen molar-refractivity contribution in [1.82, 2.24) is 10.3 Å². The highest BCUT2D eigenvalue weighted by Gasteiger charge is 2.38. The molecule has 1 aliphatic rings. The lowest BCUT2D eigenvalue weighted by Crippen LogP contribution is -2.46. The molecule has 0 bridgehead atoms. The van der Waals surface area contributed by atoms with E-state index in [9.17, 15) is 4.79 Å². The van der Waals surface area contributed by atoms with E-state index < -0.39 is 0 Å². The Morgan fingerprint density at radius 3 is 3.12 bits per heavy atom. The van der Waals surface area contributed by atoms with Crippen LogP contribution in [0.2, 0.25) is 0 Å². The number of rotatable bonds is 5. The zero-order valence-electron chi connectivity index (χ0n) is 10.4. The fourth-order valence-electron chi connectivity index (χ4n) is 2.71. The summed E-state index contributed by atoms with van der Waals surface area (Å²) in [5.41, 5.74) is 1.69. The maximum atomic E-state index is 12.5. The Bertz CT molecular complexity index is 350. The van der Waals surface area contributed by atoms with Crippen LogP contribution < -0.4 is 5.32 Å². The summed E-state index contributed by atoms with van der Waals surface area (Å²) in [5.74, 6) is 0.399. The van der Waals surface area contributed by atoms with Crippen LogP contribution >= 0.6 is 11.3 Å². The second-order valence-corrected chi connectivity index (χ2v) is 5.85. The fourth-order valence-corrected chi connectivity index (χ4v) is 3.31. The highest BCUT2D eigenvalue weighted by Crippen LogP contribution is 2.34. The standard InChI is InChI=1S/C13H20N2OS/c1-2-4-13(5-3-6-14-9-13)12(16)7-11-8-15-10-17-11/h8,10,14H,2-7,9H2,1H3. The monoisotopic (exact) mass is 252 g/mol. The Morgan fingerprint density at radius 1 is 1.65 bits per heavy atom. The Morgan fingerprint density at radius 2 is 2.53 bits per heavy atom. The van der Waals surface area contributed by atoms with Gasteiger partial charge >= 0.3 is 0 Å². The fraction of sp³-hybridized carbons (Fsp3) is 0.692. The molecule has 1 aromatic heterocycles. The van der Waals surface area contributed by atoms with Gasteiger partial charge in [0.1, 0.15) is 5.78 Å². The minimum Gasteiger partial charge on any atom is -0.316 e. The third kappa shape index (κ3) is 2.93. The number of aromatic nitrogens is 1. The van der Waals surface area contributed by atoms with E-state index in [4.69, 9.17) is 0 Å². The number of Topliss-reactive ketones (excluding diaryl/α,β-unsaturated/α-hetero) is 1. The van der Waals surface area contributed by atoms with Gasteiger partial charge in [-0.15, -0.1) is 11.3 Å². The van der Waals surface area contributed by atoms with Crippen molar-refractivity contribution in [3.63, 3.8) is 0 Å². The highest BCUT2D eigenvalue weighted by molar-refractivity contribution is 7.09. The zero-order valence-corrected chi connectivity index (χ0v) is 11.2. The lowest BCUT2D eigenvalue weighted by Gasteiger charge is -2.36. The number of ketones is 1. The summed E-state index contributed by atoms with van der Waals surface area (Å²) < 4.78 is 0. The molecule has 0 aliphatic carbocycles. The smallest absolute Gasteiger partial charge is 0.145 e. The van der Waals surface area contributed by atoms with Crippen LogP contribution in [0.15, 0.2) is 11.7 Å². The molecule has 0 amide bonds. The van der Waals surface area contributed by atoms with Crippen LogP contribution in [0.3, 0.4) is 0 Å². The van der Waals surface area contributed by atoms with Gasteiger partial charge in [0, 0.05) is 29.5 Å². The van der Waals surface area contributed by atoms with E-state index in [1.165, 1.54) is 0 Å². The second kappa shape index (κ2) is 5.74. The molecule has 3 nitrogen and oxygen atoms in total. The highest BCUT2D eigenvalue weighted by atomic mass is 32.1. The SMILES string of the molecule is CCCC1(C(=O)Cc2cncs2)CCCNC1. The summed E-state index contributed by atoms with van der Waals surface area (Å²) in [5, 5.41) is 3.39. The number of nitrogens with zero attached hydrogens (tertiary/aromatic N) is 1. The van der Waals surface area contributed by atoms with Gasteiger partial charge in [-0.2, -0.15) is 0 Å². The number of thiazole rings is 1. The number of piperidine rings is 1. The van der Waals surface area contributed by atoms with Crippen molar-refractivity contribution in [1.29, 1.82) is 0 Å². The van der Waals surface area contributed by atoms with Gasteiger partial charge in [-0.1, -0.05) is 13.3 Å². The minimum absolute atomic E-state index is 0.114. The van der Waals surface area contributed by atoms with Gasteiger partial charge in [-0.25, -0.2) is 0 Å². The summed E-state index contributed by atoms with van der Waals surface area (Å²) in [6.07, 6.45) is 6.64. The normalized spacial score (nSPS) is 24.8. The van der Waals surface area contributed by atoms with Crippen LogP contribution in [0.5, 0.6) is 0 Å². The Kier molecular flexibility index (Phi) is 4.29. The molecule has 1 atom stereocenters. The van der Waals surface area contributed by atoms with Gasteiger partial charge in [0.05, 0.1) is 5.51 Å². The molecule has 1 saturated heterocycles. The number of hydrogen-bond donors (Lipinski definition) is 1. The van der Waals surface area contributed by atoms with E-state index in [0.717, 1.165) is 43.6 Å². The molecule has 94 valence electrons. The molecule has 0 spiro atoms. The molecule has 0 radical (unpaired) electrons. The van der Waals surface area contributed by atoms with Crippen LogP contribution in [-0.4, -0.2) is 23.9 Å². The van der Waals surface area contributed by atoms with Crippen molar-refractivity contribution in [3.05, 3.63) is 16.6 Å². The average molecular weight is 252 g/mol. The van der Waals surface area contributed by atoms with Crippen LogP contribution in [0.25, 0.3) is 0 Å². The molecule has 1 aromatic rings. The Hall–Kier alpha value is -0.740. The summed E-state index contributed by atoms with van der Waals surface area (Å²) in [6.45, 7) is 4.08. The third-order valence-electron chi connectivity index (χ3n) is 3.61. The van der Waals surface area contributed by atoms with Gasteiger partial charge < -0.3 is 5.32 Å². The zero-order chi connectivity index (χ0) is 12.1. The van der Waals surface area contributed by atoms with Crippen molar-refractivity contribution in [2.75, 3.05) is 13.1 Å². The predicted molar refractivity (Wildman–Crippen MR) is 70.3 cm³/mol. The number of hydrogen-bond acceptors (Lipinski definition) is 4. The third-order valence-corrected chi connectivity index (χ3v) is 4.39. The van der Waals surface area contributed by atoms with Crippen molar-refractivity contribution < 1.29 is 4.79 Å². The van der Waals surface area contributed by atoms with E-state index in [0.29, 0.717) is 12.2 Å². The first-order chi connectivity index (χ1) is 8.27.